The number of anilines is 1. The van der Waals surface area contributed by atoms with Crippen molar-refractivity contribution in [2.45, 2.75) is 13.8 Å². The van der Waals surface area contributed by atoms with Crippen molar-refractivity contribution in [3.8, 4) is 11.4 Å². The maximum absolute atomic E-state index is 13.6. The van der Waals surface area contributed by atoms with Gasteiger partial charge in [-0.05, 0) is 74.1 Å². The van der Waals surface area contributed by atoms with Crippen LogP contribution in [0.2, 0.25) is 5.02 Å². The topological polar surface area (TPSA) is 63.6 Å². The van der Waals surface area contributed by atoms with Crippen molar-refractivity contribution in [1.82, 2.24) is 9.88 Å². The number of hydrogen-bond acceptors (Lipinski definition) is 4. The molecular weight excluding hydrogens is 465 g/mol. The molecule has 0 bridgehead atoms. The summed E-state index contributed by atoms with van der Waals surface area (Å²) in [6.45, 7) is 3.70. The van der Waals surface area contributed by atoms with Crippen molar-refractivity contribution in [2.24, 2.45) is 0 Å². The predicted octanol–water partition coefficient (Wildman–Crippen LogP) is 4.73. The fraction of sp³-hybridized carbons (Fsp3) is 0.125. The van der Waals surface area contributed by atoms with E-state index in [4.69, 9.17) is 28.6 Å². The number of aromatic nitrogens is 1. The second-order valence-electron chi connectivity index (χ2n) is 7.39. The molecule has 4 rings (SSSR count). The number of carbonyl (C=O) groups excluding carboxylic acids is 2. The molecule has 1 N–H and O–H groups in total. The van der Waals surface area contributed by atoms with E-state index in [0.717, 1.165) is 11.4 Å². The molecule has 2 amide bonds. The number of hydrogen-bond donors (Lipinski definition) is 1. The molecule has 9 heteroatoms. The van der Waals surface area contributed by atoms with Crippen LogP contribution in [0, 0.1) is 19.7 Å². The van der Waals surface area contributed by atoms with Crippen LogP contribution < -0.4 is 15.0 Å². The number of benzene rings is 2. The third kappa shape index (κ3) is 4.03. The van der Waals surface area contributed by atoms with E-state index in [1.165, 1.54) is 30.2 Å². The van der Waals surface area contributed by atoms with E-state index in [9.17, 15) is 14.0 Å². The fourth-order valence-electron chi connectivity index (χ4n) is 3.80. The van der Waals surface area contributed by atoms with Gasteiger partial charge in [-0.15, -0.1) is 0 Å². The molecule has 0 saturated carbocycles. The zero-order valence-electron chi connectivity index (χ0n) is 18.0. The Morgan fingerprint density at radius 2 is 1.85 bits per heavy atom. The summed E-state index contributed by atoms with van der Waals surface area (Å²) < 4.78 is 20.8. The Balaban J connectivity index is 1.78. The molecule has 1 aliphatic heterocycles. The summed E-state index contributed by atoms with van der Waals surface area (Å²) in [7, 11) is 1.49. The number of thiocarbonyl (C=S) groups is 1. The molecule has 0 atom stereocenters. The molecule has 0 unspecified atom stereocenters. The van der Waals surface area contributed by atoms with Gasteiger partial charge in [-0.1, -0.05) is 23.7 Å². The van der Waals surface area contributed by atoms with Crippen LogP contribution in [-0.2, 0) is 9.59 Å². The summed E-state index contributed by atoms with van der Waals surface area (Å²) in [6, 6.07) is 13.2. The molecular formula is C24H19ClFN3O3S. The standard InChI is InChI=1S/C24H19ClFN3O3S/c1-13-10-15(14(2)28(13)16-8-9-19(26)18(25)12-16)11-17-22(30)27-24(33)29(23(17)31)20-6-4-5-7-21(20)32-3/h4-12H,1-3H3,(H,27,30,33)/b17-11+. The van der Waals surface area contributed by atoms with E-state index in [-0.39, 0.29) is 15.7 Å². The molecule has 0 aliphatic carbocycles. The smallest absolute Gasteiger partial charge is 0.270 e. The van der Waals surface area contributed by atoms with Crippen LogP contribution in [0.3, 0.4) is 0 Å². The van der Waals surface area contributed by atoms with Gasteiger partial charge in [0.2, 0.25) is 0 Å². The average molecular weight is 484 g/mol. The first kappa shape index (κ1) is 22.7. The zero-order valence-corrected chi connectivity index (χ0v) is 19.6. The van der Waals surface area contributed by atoms with Crippen molar-refractivity contribution < 1.29 is 18.7 Å². The molecule has 1 fully saturated rings. The van der Waals surface area contributed by atoms with Crippen LogP contribution in [0.15, 0.2) is 54.1 Å². The van der Waals surface area contributed by atoms with Gasteiger partial charge >= 0.3 is 0 Å². The summed E-state index contributed by atoms with van der Waals surface area (Å²) in [5, 5.41) is 2.55. The van der Waals surface area contributed by atoms with Gasteiger partial charge in [0.25, 0.3) is 11.8 Å². The van der Waals surface area contributed by atoms with Gasteiger partial charge in [0.15, 0.2) is 5.11 Å². The monoisotopic (exact) mass is 483 g/mol. The third-order valence-corrected chi connectivity index (χ3v) is 5.93. The van der Waals surface area contributed by atoms with E-state index in [1.807, 2.05) is 24.5 Å². The lowest BCUT2D eigenvalue weighted by Gasteiger charge is -2.29. The first-order valence-electron chi connectivity index (χ1n) is 9.91. The van der Waals surface area contributed by atoms with Crippen molar-refractivity contribution in [3.05, 3.63) is 81.9 Å². The summed E-state index contributed by atoms with van der Waals surface area (Å²) in [5.41, 5.74) is 3.24. The quantitative estimate of drug-likeness (QED) is 0.331. The van der Waals surface area contributed by atoms with E-state index in [0.29, 0.717) is 22.7 Å². The highest BCUT2D eigenvalue weighted by Gasteiger charge is 2.36. The Labute approximate surface area is 200 Å². The van der Waals surface area contributed by atoms with Gasteiger partial charge in [-0.3, -0.25) is 14.9 Å². The van der Waals surface area contributed by atoms with Gasteiger partial charge in [0.05, 0.1) is 17.8 Å². The molecule has 1 aromatic heterocycles. The van der Waals surface area contributed by atoms with Crippen LogP contribution in [0.5, 0.6) is 5.75 Å². The fourth-order valence-corrected chi connectivity index (χ4v) is 4.25. The molecule has 2 heterocycles. The number of rotatable bonds is 4. The van der Waals surface area contributed by atoms with Crippen molar-refractivity contribution >= 4 is 52.5 Å². The minimum absolute atomic E-state index is 0.00250. The normalized spacial score (nSPS) is 15.2. The molecule has 0 radical (unpaired) electrons. The first-order chi connectivity index (χ1) is 15.7. The Kier molecular flexibility index (Phi) is 6.05. The number of methoxy groups -OCH3 is 1. The van der Waals surface area contributed by atoms with Crippen molar-refractivity contribution in [3.63, 3.8) is 0 Å². The highest BCUT2D eigenvalue weighted by atomic mass is 35.5. The molecule has 168 valence electrons. The predicted molar refractivity (Wildman–Crippen MR) is 129 cm³/mol. The van der Waals surface area contributed by atoms with Crippen LogP contribution in [0.1, 0.15) is 17.0 Å². The Hall–Kier alpha value is -3.49. The number of halogens is 2. The number of aryl methyl sites for hydroxylation is 1. The SMILES string of the molecule is COc1ccccc1N1C(=O)/C(=C/c2cc(C)n(-c3ccc(F)c(Cl)c3)c2C)C(=O)NC1=S. The minimum atomic E-state index is -0.592. The summed E-state index contributed by atoms with van der Waals surface area (Å²) >= 11 is 11.2. The second kappa shape index (κ2) is 8.80. The number of carbonyl (C=O) groups is 2. The maximum atomic E-state index is 13.6. The lowest BCUT2D eigenvalue weighted by Crippen LogP contribution is -2.54. The van der Waals surface area contributed by atoms with Crippen LogP contribution in [0.25, 0.3) is 11.8 Å². The number of para-hydroxylation sites is 2. The number of ether oxygens (including phenoxy) is 1. The van der Waals surface area contributed by atoms with Gasteiger partial charge in [-0.2, -0.15) is 0 Å². The largest absolute Gasteiger partial charge is 0.495 e. The maximum Gasteiger partial charge on any atom is 0.270 e. The molecule has 1 saturated heterocycles. The molecule has 1 aliphatic rings. The number of nitrogens with one attached hydrogen (secondary N) is 1. The third-order valence-electron chi connectivity index (χ3n) is 5.36. The van der Waals surface area contributed by atoms with E-state index >= 15 is 0 Å². The zero-order chi connectivity index (χ0) is 23.9. The molecule has 3 aromatic rings. The van der Waals surface area contributed by atoms with Gasteiger partial charge in [-0.25, -0.2) is 9.29 Å². The summed E-state index contributed by atoms with van der Waals surface area (Å²) in [6.07, 6.45) is 1.52. The van der Waals surface area contributed by atoms with Crippen molar-refractivity contribution in [1.29, 1.82) is 0 Å². The minimum Gasteiger partial charge on any atom is -0.495 e. The Bertz CT molecular complexity index is 1350. The second-order valence-corrected chi connectivity index (χ2v) is 8.18. The molecule has 2 aromatic carbocycles. The highest BCUT2D eigenvalue weighted by Crippen LogP contribution is 2.32. The lowest BCUT2D eigenvalue weighted by atomic mass is 10.1. The summed E-state index contributed by atoms with van der Waals surface area (Å²) in [4.78, 5) is 27.3. The van der Waals surface area contributed by atoms with E-state index in [2.05, 4.69) is 5.32 Å². The van der Waals surface area contributed by atoms with Crippen LogP contribution in [-0.4, -0.2) is 28.6 Å². The molecule has 6 nitrogen and oxygen atoms in total. The number of amides is 2. The van der Waals surface area contributed by atoms with Crippen LogP contribution >= 0.6 is 23.8 Å². The summed E-state index contributed by atoms with van der Waals surface area (Å²) in [5.74, 6) is -1.23. The average Bonchev–Trinajstić information content (AvgIpc) is 3.06. The van der Waals surface area contributed by atoms with Gasteiger partial charge in [0, 0.05) is 17.1 Å². The van der Waals surface area contributed by atoms with E-state index in [1.54, 1.807) is 30.3 Å². The lowest BCUT2D eigenvalue weighted by molar-refractivity contribution is -0.122. The van der Waals surface area contributed by atoms with Gasteiger partial charge < -0.3 is 9.30 Å². The molecule has 0 spiro atoms. The Morgan fingerprint density at radius 3 is 2.55 bits per heavy atom. The first-order valence-corrected chi connectivity index (χ1v) is 10.7. The number of nitrogens with zero attached hydrogens (tertiary/aromatic N) is 2. The van der Waals surface area contributed by atoms with Crippen LogP contribution in [0.4, 0.5) is 10.1 Å². The van der Waals surface area contributed by atoms with Crippen molar-refractivity contribution in [2.75, 3.05) is 12.0 Å². The Morgan fingerprint density at radius 1 is 1.12 bits per heavy atom. The highest BCUT2D eigenvalue weighted by molar-refractivity contribution is 7.80. The van der Waals surface area contributed by atoms with E-state index < -0.39 is 17.6 Å². The molecule has 33 heavy (non-hydrogen) atoms. The van der Waals surface area contributed by atoms with Gasteiger partial charge in [0.1, 0.15) is 17.1 Å².